The third kappa shape index (κ3) is 2.65. The maximum absolute atomic E-state index is 12.6. The zero-order valence-corrected chi connectivity index (χ0v) is 12.0. The molecule has 1 atom stereocenters. The van der Waals surface area contributed by atoms with Gasteiger partial charge < -0.3 is 14.8 Å². The summed E-state index contributed by atoms with van der Waals surface area (Å²) in [6.07, 6.45) is -0.413. The lowest BCUT2D eigenvalue weighted by molar-refractivity contribution is 0.0267. The minimum absolute atomic E-state index is 0.00431. The Morgan fingerprint density at radius 2 is 2.11 bits per heavy atom. The van der Waals surface area contributed by atoms with Crippen LogP contribution < -0.4 is 10.1 Å². The topological polar surface area (TPSA) is 47.6 Å². The number of hydrogen-bond donors (Lipinski definition) is 1. The Morgan fingerprint density at radius 3 is 2.68 bits per heavy atom. The Bertz CT molecular complexity index is 491. The molecule has 1 aromatic carbocycles. The number of Topliss-reactive ketones (excluding diaryl/α,β-unsaturated/α-hetero) is 1. The third-order valence-electron chi connectivity index (χ3n) is 3.66. The summed E-state index contributed by atoms with van der Waals surface area (Å²) >= 11 is 0. The van der Waals surface area contributed by atoms with E-state index in [0.29, 0.717) is 24.5 Å². The van der Waals surface area contributed by atoms with Crippen molar-refractivity contribution in [2.45, 2.75) is 26.9 Å². The minimum atomic E-state index is -0.413. The van der Waals surface area contributed by atoms with Crippen LogP contribution in [0.3, 0.4) is 0 Å². The number of rotatable bonds is 3. The van der Waals surface area contributed by atoms with Gasteiger partial charge in [0.25, 0.3) is 0 Å². The van der Waals surface area contributed by atoms with Crippen molar-refractivity contribution in [1.29, 1.82) is 0 Å². The van der Waals surface area contributed by atoms with Crippen molar-refractivity contribution < 1.29 is 14.3 Å². The summed E-state index contributed by atoms with van der Waals surface area (Å²) < 4.78 is 11.0. The van der Waals surface area contributed by atoms with Gasteiger partial charge in [0, 0.05) is 13.1 Å². The first-order chi connectivity index (χ1) is 9.06. The first kappa shape index (κ1) is 14.0. The molecule has 0 bridgehead atoms. The zero-order valence-electron chi connectivity index (χ0n) is 12.0. The second-order valence-corrected chi connectivity index (χ2v) is 4.97. The summed E-state index contributed by atoms with van der Waals surface area (Å²) in [7, 11) is 1.61. The van der Waals surface area contributed by atoms with Crippen LogP contribution >= 0.6 is 0 Å². The van der Waals surface area contributed by atoms with Gasteiger partial charge in [0.15, 0.2) is 5.78 Å². The van der Waals surface area contributed by atoms with E-state index in [1.165, 1.54) is 0 Å². The summed E-state index contributed by atoms with van der Waals surface area (Å²) in [5, 5.41) is 3.18. The highest BCUT2D eigenvalue weighted by molar-refractivity contribution is 6.03. The molecule has 104 valence electrons. The average Bonchev–Trinajstić information content (AvgIpc) is 2.42. The summed E-state index contributed by atoms with van der Waals surface area (Å²) in [6.45, 7) is 7.88. The lowest BCUT2D eigenvalue weighted by Gasteiger charge is -2.24. The van der Waals surface area contributed by atoms with E-state index in [1.807, 2.05) is 26.8 Å². The van der Waals surface area contributed by atoms with Crippen LogP contribution in [0.2, 0.25) is 0 Å². The highest BCUT2D eigenvalue weighted by Crippen LogP contribution is 2.30. The standard InChI is InChI=1S/C15H21NO3/c1-9-7-10(2)13(15(18-4)11(9)3)14(17)12-8-16-5-6-19-12/h7,12,16H,5-6,8H2,1-4H3. The first-order valence-electron chi connectivity index (χ1n) is 6.57. The maximum Gasteiger partial charge on any atom is 0.196 e. The molecule has 0 radical (unpaired) electrons. The van der Waals surface area contributed by atoms with Crippen LogP contribution in [0.15, 0.2) is 6.07 Å². The van der Waals surface area contributed by atoms with Gasteiger partial charge in [-0.1, -0.05) is 6.07 Å². The van der Waals surface area contributed by atoms with Gasteiger partial charge in [0.1, 0.15) is 11.9 Å². The third-order valence-corrected chi connectivity index (χ3v) is 3.66. The number of methoxy groups -OCH3 is 1. The fourth-order valence-corrected chi connectivity index (χ4v) is 2.51. The van der Waals surface area contributed by atoms with Gasteiger partial charge in [-0.2, -0.15) is 0 Å². The number of hydrogen-bond acceptors (Lipinski definition) is 4. The molecule has 0 aliphatic carbocycles. The normalized spacial score (nSPS) is 19.3. The molecule has 1 saturated heterocycles. The molecule has 1 aliphatic heterocycles. The van der Waals surface area contributed by atoms with Crippen LogP contribution in [0.1, 0.15) is 27.0 Å². The summed E-state index contributed by atoms with van der Waals surface area (Å²) in [5.41, 5.74) is 3.74. The SMILES string of the molecule is COc1c(C)c(C)cc(C)c1C(=O)C1CNCCO1. The van der Waals surface area contributed by atoms with E-state index < -0.39 is 6.10 Å². The Kier molecular flexibility index (Phi) is 4.22. The molecule has 2 rings (SSSR count). The number of aryl methyl sites for hydroxylation is 2. The predicted molar refractivity (Wildman–Crippen MR) is 74.1 cm³/mol. The second kappa shape index (κ2) is 5.72. The first-order valence-corrected chi connectivity index (χ1v) is 6.57. The molecule has 1 heterocycles. The number of benzene rings is 1. The van der Waals surface area contributed by atoms with Crippen molar-refractivity contribution in [3.05, 3.63) is 28.3 Å². The molecule has 4 nitrogen and oxygen atoms in total. The van der Waals surface area contributed by atoms with Crippen LogP contribution in [0, 0.1) is 20.8 Å². The highest BCUT2D eigenvalue weighted by atomic mass is 16.5. The molecule has 0 saturated carbocycles. The van der Waals surface area contributed by atoms with Gasteiger partial charge >= 0.3 is 0 Å². The molecule has 0 spiro atoms. The van der Waals surface area contributed by atoms with Gasteiger partial charge in [0.05, 0.1) is 19.3 Å². The van der Waals surface area contributed by atoms with E-state index in [9.17, 15) is 4.79 Å². The quantitative estimate of drug-likeness (QED) is 0.845. The van der Waals surface area contributed by atoms with Crippen molar-refractivity contribution in [1.82, 2.24) is 5.32 Å². The lowest BCUT2D eigenvalue weighted by atomic mass is 9.94. The van der Waals surface area contributed by atoms with Gasteiger partial charge in [-0.15, -0.1) is 0 Å². The molecule has 0 amide bonds. The maximum atomic E-state index is 12.6. The summed E-state index contributed by atoms with van der Waals surface area (Å²) in [5.74, 6) is 0.682. The largest absolute Gasteiger partial charge is 0.496 e. The van der Waals surface area contributed by atoms with Gasteiger partial charge in [-0.25, -0.2) is 0 Å². The van der Waals surface area contributed by atoms with Crippen molar-refractivity contribution in [3.63, 3.8) is 0 Å². The molecular formula is C15H21NO3. The summed E-state index contributed by atoms with van der Waals surface area (Å²) in [4.78, 5) is 12.6. The minimum Gasteiger partial charge on any atom is -0.496 e. The van der Waals surface area contributed by atoms with Crippen LogP contribution in [0.25, 0.3) is 0 Å². The molecule has 4 heteroatoms. The van der Waals surface area contributed by atoms with Crippen LogP contribution in [-0.4, -0.2) is 38.7 Å². The second-order valence-electron chi connectivity index (χ2n) is 4.97. The number of nitrogens with one attached hydrogen (secondary N) is 1. The number of carbonyl (C=O) groups excluding carboxylic acids is 1. The average molecular weight is 263 g/mol. The summed E-state index contributed by atoms with van der Waals surface area (Å²) in [6, 6.07) is 2.03. The number of ether oxygens (including phenoxy) is 2. The molecule has 1 N–H and O–H groups in total. The lowest BCUT2D eigenvalue weighted by Crippen LogP contribution is -2.43. The Balaban J connectivity index is 2.43. The molecular weight excluding hydrogens is 242 g/mol. The van der Waals surface area contributed by atoms with Crippen molar-refractivity contribution in [3.8, 4) is 5.75 Å². The number of carbonyl (C=O) groups is 1. The zero-order chi connectivity index (χ0) is 14.0. The fourth-order valence-electron chi connectivity index (χ4n) is 2.51. The molecule has 1 aromatic rings. The van der Waals surface area contributed by atoms with Gasteiger partial charge in [-0.3, -0.25) is 4.79 Å². The molecule has 1 unspecified atom stereocenters. The van der Waals surface area contributed by atoms with Gasteiger partial charge in [-0.05, 0) is 37.5 Å². The number of morpholine rings is 1. The van der Waals surface area contributed by atoms with E-state index in [-0.39, 0.29) is 5.78 Å². The Morgan fingerprint density at radius 1 is 1.37 bits per heavy atom. The Labute approximate surface area is 114 Å². The smallest absolute Gasteiger partial charge is 0.196 e. The van der Waals surface area contributed by atoms with E-state index >= 15 is 0 Å². The van der Waals surface area contributed by atoms with E-state index in [4.69, 9.17) is 9.47 Å². The van der Waals surface area contributed by atoms with Gasteiger partial charge in [0.2, 0.25) is 0 Å². The van der Waals surface area contributed by atoms with Crippen molar-refractivity contribution >= 4 is 5.78 Å². The number of ketones is 1. The molecule has 1 aliphatic rings. The monoisotopic (exact) mass is 263 g/mol. The molecule has 19 heavy (non-hydrogen) atoms. The van der Waals surface area contributed by atoms with E-state index in [0.717, 1.165) is 23.2 Å². The Hall–Kier alpha value is -1.39. The van der Waals surface area contributed by atoms with Crippen molar-refractivity contribution in [2.24, 2.45) is 0 Å². The molecule has 1 fully saturated rings. The van der Waals surface area contributed by atoms with E-state index in [1.54, 1.807) is 7.11 Å². The van der Waals surface area contributed by atoms with Crippen molar-refractivity contribution in [2.75, 3.05) is 26.8 Å². The van der Waals surface area contributed by atoms with E-state index in [2.05, 4.69) is 5.32 Å². The van der Waals surface area contributed by atoms with Crippen LogP contribution in [-0.2, 0) is 4.74 Å². The fraction of sp³-hybridized carbons (Fsp3) is 0.533. The molecule has 0 aromatic heterocycles. The highest BCUT2D eigenvalue weighted by Gasteiger charge is 2.28. The van der Waals surface area contributed by atoms with Crippen LogP contribution in [0.4, 0.5) is 0 Å². The van der Waals surface area contributed by atoms with Crippen LogP contribution in [0.5, 0.6) is 5.75 Å². The predicted octanol–water partition coefficient (Wildman–Crippen LogP) is 1.79.